The Morgan fingerprint density at radius 3 is 2.79 bits per heavy atom. The lowest BCUT2D eigenvalue weighted by Crippen LogP contribution is -2.23. The molecule has 1 aromatic rings. The highest BCUT2D eigenvalue weighted by Crippen LogP contribution is 2.20. The molecule has 1 unspecified atom stereocenters. The van der Waals surface area contributed by atoms with Crippen LogP contribution in [0, 0.1) is 12.7 Å². The Morgan fingerprint density at radius 2 is 2.21 bits per heavy atom. The fourth-order valence-corrected chi connectivity index (χ4v) is 0.952. The third kappa shape index (κ3) is 2.22. The summed E-state index contributed by atoms with van der Waals surface area (Å²) in [6.45, 7) is 2.94. The van der Waals surface area contributed by atoms with Gasteiger partial charge in [-0.15, -0.1) is 0 Å². The standard InChI is InChI=1S/C10H11FO3/c1-6-4-3-5-8(9(6)11)14-7(2)10(12)13/h3-5,7H,1-2H3,(H,12,13). The zero-order chi connectivity index (χ0) is 10.7. The van der Waals surface area contributed by atoms with E-state index in [1.165, 1.54) is 13.0 Å². The number of carboxylic acid groups (broad SMARTS) is 1. The second-order valence-electron chi connectivity index (χ2n) is 2.99. The molecule has 0 saturated carbocycles. The fraction of sp³-hybridized carbons (Fsp3) is 0.300. The first-order valence-corrected chi connectivity index (χ1v) is 4.17. The van der Waals surface area contributed by atoms with Crippen molar-refractivity contribution in [2.24, 2.45) is 0 Å². The number of carboxylic acids is 1. The zero-order valence-electron chi connectivity index (χ0n) is 7.95. The van der Waals surface area contributed by atoms with Crippen LogP contribution in [0.2, 0.25) is 0 Å². The van der Waals surface area contributed by atoms with Crippen molar-refractivity contribution in [1.29, 1.82) is 0 Å². The Morgan fingerprint density at radius 1 is 1.57 bits per heavy atom. The molecule has 0 spiro atoms. The van der Waals surface area contributed by atoms with Gasteiger partial charge in [0.05, 0.1) is 0 Å². The summed E-state index contributed by atoms with van der Waals surface area (Å²) in [5.41, 5.74) is 0.431. The van der Waals surface area contributed by atoms with Gasteiger partial charge in [0.1, 0.15) is 0 Å². The molecule has 0 fully saturated rings. The Labute approximate surface area is 81.1 Å². The van der Waals surface area contributed by atoms with E-state index in [9.17, 15) is 9.18 Å². The minimum atomic E-state index is -1.12. The Bertz CT molecular complexity index is 349. The molecule has 1 rings (SSSR count). The number of hydrogen-bond acceptors (Lipinski definition) is 2. The van der Waals surface area contributed by atoms with Crippen LogP contribution in [0.3, 0.4) is 0 Å². The smallest absolute Gasteiger partial charge is 0.344 e. The monoisotopic (exact) mass is 198 g/mol. The largest absolute Gasteiger partial charge is 0.479 e. The lowest BCUT2D eigenvalue weighted by molar-refractivity contribution is -0.144. The van der Waals surface area contributed by atoms with Gasteiger partial charge in [0.25, 0.3) is 0 Å². The van der Waals surface area contributed by atoms with E-state index < -0.39 is 17.9 Å². The summed E-state index contributed by atoms with van der Waals surface area (Å²) in [5, 5.41) is 8.56. The van der Waals surface area contributed by atoms with Crippen LogP contribution in [0.5, 0.6) is 5.75 Å². The van der Waals surface area contributed by atoms with E-state index in [1.54, 1.807) is 19.1 Å². The minimum Gasteiger partial charge on any atom is -0.479 e. The molecule has 0 aliphatic rings. The van der Waals surface area contributed by atoms with Gasteiger partial charge in [0, 0.05) is 0 Å². The SMILES string of the molecule is Cc1cccc(OC(C)C(=O)O)c1F. The van der Waals surface area contributed by atoms with Gasteiger partial charge < -0.3 is 9.84 Å². The molecule has 0 radical (unpaired) electrons. The Kier molecular flexibility index (Phi) is 3.06. The van der Waals surface area contributed by atoms with Crippen molar-refractivity contribution < 1.29 is 19.0 Å². The van der Waals surface area contributed by atoms with E-state index in [2.05, 4.69) is 0 Å². The molecule has 14 heavy (non-hydrogen) atoms. The highest BCUT2D eigenvalue weighted by Gasteiger charge is 2.15. The van der Waals surface area contributed by atoms with Crippen molar-refractivity contribution in [1.82, 2.24) is 0 Å². The predicted molar refractivity (Wildman–Crippen MR) is 48.9 cm³/mol. The number of ether oxygens (including phenoxy) is 1. The predicted octanol–water partition coefficient (Wildman–Crippen LogP) is 1.99. The van der Waals surface area contributed by atoms with Crippen molar-refractivity contribution in [3.63, 3.8) is 0 Å². The third-order valence-corrected chi connectivity index (χ3v) is 1.81. The van der Waals surface area contributed by atoms with E-state index in [-0.39, 0.29) is 5.75 Å². The number of aryl methyl sites for hydroxylation is 1. The third-order valence-electron chi connectivity index (χ3n) is 1.81. The van der Waals surface area contributed by atoms with Crippen LogP contribution in [0.15, 0.2) is 18.2 Å². The number of rotatable bonds is 3. The second-order valence-corrected chi connectivity index (χ2v) is 2.99. The van der Waals surface area contributed by atoms with Gasteiger partial charge in [-0.05, 0) is 25.5 Å². The van der Waals surface area contributed by atoms with Gasteiger partial charge >= 0.3 is 5.97 Å². The maximum absolute atomic E-state index is 13.3. The number of carbonyl (C=O) groups is 1. The van der Waals surface area contributed by atoms with Gasteiger partial charge in [0.15, 0.2) is 17.7 Å². The summed E-state index contributed by atoms with van der Waals surface area (Å²) in [6, 6.07) is 4.61. The van der Waals surface area contributed by atoms with Gasteiger partial charge in [-0.3, -0.25) is 0 Å². The minimum absolute atomic E-state index is 0.0279. The summed E-state index contributed by atoms with van der Waals surface area (Å²) in [7, 11) is 0. The van der Waals surface area contributed by atoms with Crippen molar-refractivity contribution in [3.8, 4) is 5.75 Å². The molecule has 0 amide bonds. The number of aliphatic carboxylic acids is 1. The molecule has 3 nitrogen and oxygen atoms in total. The highest BCUT2D eigenvalue weighted by atomic mass is 19.1. The summed E-state index contributed by atoms with van der Waals surface area (Å²) < 4.78 is 18.2. The van der Waals surface area contributed by atoms with Crippen molar-refractivity contribution in [2.45, 2.75) is 20.0 Å². The number of hydrogen-bond donors (Lipinski definition) is 1. The van der Waals surface area contributed by atoms with E-state index in [4.69, 9.17) is 9.84 Å². The molecule has 0 aliphatic heterocycles. The van der Waals surface area contributed by atoms with Gasteiger partial charge in [-0.1, -0.05) is 12.1 Å². The number of benzene rings is 1. The Balaban J connectivity index is 2.87. The summed E-state index contributed by atoms with van der Waals surface area (Å²) in [5.74, 6) is -1.66. The lowest BCUT2D eigenvalue weighted by atomic mass is 10.2. The van der Waals surface area contributed by atoms with Crippen LogP contribution in [-0.2, 0) is 4.79 Å². The van der Waals surface area contributed by atoms with E-state index in [0.717, 1.165) is 0 Å². The topological polar surface area (TPSA) is 46.5 Å². The molecule has 0 saturated heterocycles. The highest BCUT2D eigenvalue weighted by molar-refractivity contribution is 5.72. The maximum Gasteiger partial charge on any atom is 0.344 e. The first-order chi connectivity index (χ1) is 6.52. The normalized spacial score (nSPS) is 12.2. The summed E-state index contributed by atoms with van der Waals surface area (Å²) in [6.07, 6.45) is -1.05. The van der Waals surface area contributed by atoms with Crippen LogP contribution >= 0.6 is 0 Å². The van der Waals surface area contributed by atoms with E-state index in [1.807, 2.05) is 0 Å². The average molecular weight is 198 g/mol. The molecule has 0 aromatic heterocycles. The molecule has 1 N–H and O–H groups in total. The Hall–Kier alpha value is -1.58. The molecular weight excluding hydrogens is 187 g/mol. The van der Waals surface area contributed by atoms with Crippen molar-refractivity contribution in [3.05, 3.63) is 29.6 Å². The molecule has 4 heteroatoms. The van der Waals surface area contributed by atoms with E-state index >= 15 is 0 Å². The van der Waals surface area contributed by atoms with Crippen LogP contribution in [0.25, 0.3) is 0 Å². The summed E-state index contributed by atoms with van der Waals surface area (Å²) >= 11 is 0. The van der Waals surface area contributed by atoms with Crippen molar-refractivity contribution >= 4 is 5.97 Å². The first-order valence-electron chi connectivity index (χ1n) is 4.17. The maximum atomic E-state index is 13.3. The molecule has 1 aromatic carbocycles. The van der Waals surface area contributed by atoms with Crippen molar-refractivity contribution in [2.75, 3.05) is 0 Å². The molecule has 0 heterocycles. The fourth-order valence-electron chi connectivity index (χ4n) is 0.952. The van der Waals surface area contributed by atoms with Gasteiger partial charge in [0.2, 0.25) is 0 Å². The van der Waals surface area contributed by atoms with Gasteiger partial charge in [-0.2, -0.15) is 0 Å². The molecule has 0 aliphatic carbocycles. The zero-order valence-corrected chi connectivity index (χ0v) is 7.95. The number of halogens is 1. The van der Waals surface area contributed by atoms with E-state index in [0.29, 0.717) is 5.56 Å². The molecule has 76 valence electrons. The summed E-state index contributed by atoms with van der Waals surface area (Å²) in [4.78, 5) is 10.5. The van der Waals surface area contributed by atoms with Crippen LogP contribution < -0.4 is 4.74 Å². The first kappa shape index (κ1) is 10.5. The molecule has 1 atom stereocenters. The molecule has 0 bridgehead atoms. The van der Waals surface area contributed by atoms with Gasteiger partial charge in [-0.25, -0.2) is 9.18 Å². The molecular formula is C10H11FO3. The quantitative estimate of drug-likeness (QED) is 0.807. The average Bonchev–Trinajstić information content (AvgIpc) is 2.12. The van der Waals surface area contributed by atoms with Crippen LogP contribution in [0.4, 0.5) is 4.39 Å². The van der Waals surface area contributed by atoms with Crippen LogP contribution in [-0.4, -0.2) is 17.2 Å². The second kappa shape index (κ2) is 4.09. The lowest BCUT2D eigenvalue weighted by Gasteiger charge is -2.11. The van der Waals surface area contributed by atoms with Crippen LogP contribution in [0.1, 0.15) is 12.5 Å².